The van der Waals surface area contributed by atoms with Crippen LogP contribution in [0.1, 0.15) is 31.9 Å². The lowest BCUT2D eigenvalue weighted by atomic mass is 9.85. The van der Waals surface area contributed by atoms with E-state index in [0.29, 0.717) is 10.8 Å². The Morgan fingerprint density at radius 1 is 1.09 bits per heavy atom. The zero-order valence-electron chi connectivity index (χ0n) is 13.3. The molecule has 2 heterocycles. The van der Waals surface area contributed by atoms with Gasteiger partial charge in [-0.05, 0) is 41.3 Å². The van der Waals surface area contributed by atoms with Gasteiger partial charge in [-0.15, -0.1) is 14.1 Å². The number of phenols is 1. The van der Waals surface area contributed by atoms with Gasteiger partial charge >= 0.3 is 0 Å². The van der Waals surface area contributed by atoms with E-state index in [4.69, 9.17) is 11.6 Å². The van der Waals surface area contributed by atoms with Crippen molar-refractivity contribution in [2.24, 2.45) is 0 Å². The van der Waals surface area contributed by atoms with E-state index in [1.165, 1.54) is 0 Å². The highest BCUT2D eigenvalue weighted by atomic mass is 35.5. The Morgan fingerprint density at radius 2 is 1.78 bits per heavy atom. The molecule has 2 aromatic carbocycles. The number of aromatic hydroxyl groups is 1. The van der Waals surface area contributed by atoms with Crippen molar-refractivity contribution in [3.8, 4) is 11.4 Å². The summed E-state index contributed by atoms with van der Waals surface area (Å²) in [6.45, 7) is 10.1. The summed E-state index contributed by atoms with van der Waals surface area (Å²) in [6, 6.07) is 9.71. The van der Waals surface area contributed by atoms with E-state index < -0.39 is 0 Å². The van der Waals surface area contributed by atoms with Crippen LogP contribution in [0.25, 0.3) is 22.8 Å². The van der Waals surface area contributed by atoms with Crippen molar-refractivity contribution >= 4 is 28.7 Å². The average Bonchev–Trinajstić information content (AvgIpc) is 3.13. The summed E-state index contributed by atoms with van der Waals surface area (Å²) in [5, 5.41) is 11.5. The molecule has 0 aliphatic heterocycles. The Kier molecular flexibility index (Phi) is 2.70. The minimum Gasteiger partial charge on any atom is -0.505 e. The Hall–Kier alpha value is -2.33. The highest BCUT2D eigenvalue weighted by Gasteiger charge is 2.29. The number of fused-ring (bicyclic) bond motifs is 4. The van der Waals surface area contributed by atoms with Crippen LogP contribution < -0.4 is 0 Å². The zero-order chi connectivity index (χ0) is 16.5. The first-order valence-corrected chi connectivity index (χ1v) is 7.90. The minimum absolute atomic E-state index is 0.159. The summed E-state index contributed by atoms with van der Waals surface area (Å²) in [6.07, 6.45) is 1.80. The molecule has 4 nitrogen and oxygen atoms in total. The molecule has 5 heteroatoms. The molecule has 2 aromatic heterocycles. The van der Waals surface area contributed by atoms with Gasteiger partial charge in [0.2, 0.25) is 0 Å². The highest BCUT2D eigenvalue weighted by molar-refractivity contribution is 6.31. The first-order chi connectivity index (χ1) is 10.8. The number of benzene rings is 2. The van der Waals surface area contributed by atoms with Crippen molar-refractivity contribution in [2.45, 2.75) is 26.2 Å². The average molecular weight is 328 g/mol. The Bertz CT molecular complexity index is 1040. The molecule has 0 aliphatic carbocycles. The van der Waals surface area contributed by atoms with Gasteiger partial charge in [0, 0.05) is 10.6 Å². The molecule has 0 aliphatic rings. The maximum atomic E-state index is 10.8. The number of aromatic nitrogens is 3. The van der Waals surface area contributed by atoms with Crippen LogP contribution in [0.15, 0.2) is 36.9 Å². The molecular formula is C18H18ClN3O. The molecule has 0 fully saturated rings. The Morgan fingerprint density at radius 3 is 2.43 bits per heavy atom. The van der Waals surface area contributed by atoms with Crippen LogP contribution in [-0.2, 0) is 5.41 Å². The molecule has 4 rings (SSSR count). The van der Waals surface area contributed by atoms with Gasteiger partial charge in [0.15, 0.2) is 0 Å². The van der Waals surface area contributed by atoms with Gasteiger partial charge < -0.3 is 5.11 Å². The molecule has 0 amide bonds. The molecule has 118 valence electrons. The van der Waals surface area contributed by atoms with E-state index >= 15 is 0 Å². The van der Waals surface area contributed by atoms with Crippen molar-refractivity contribution in [1.29, 1.82) is 0 Å². The lowest BCUT2D eigenvalue weighted by molar-refractivity contribution is 0.443. The standard InChI is InChI=1S/C18H18ClN3O/c1-5-11-8-13(18(2,3)4)17(23)16(9-11)22-20-14-7-6-12(19)10-15(14)21(20)22/h5-10,23H,1H2,2-4H3. The second-order valence-corrected chi connectivity index (χ2v) is 7.33. The van der Waals surface area contributed by atoms with Crippen molar-refractivity contribution < 1.29 is 5.11 Å². The fourth-order valence-corrected chi connectivity index (χ4v) is 3.17. The molecule has 4 aromatic rings. The van der Waals surface area contributed by atoms with E-state index in [-0.39, 0.29) is 5.41 Å². The third-order valence-electron chi connectivity index (χ3n) is 4.25. The van der Waals surface area contributed by atoms with Crippen molar-refractivity contribution in [1.82, 2.24) is 14.1 Å². The predicted molar refractivity (Wildman–Crippen MR) is 94.3 cm³/mol. The molecule has 0 unspecified atom stereocenters. The van der Waals surface area contributed by atoms with E-state index in [1.54, 1.807) is 6.08 Å². The van der Waals surface area contributed by atoms with Crippen molar-refractivity contribution in [3.63, 3.8) is 0 Å². The zero-order valence-corrected chi connectivity index (χ0v) is 14.1. The quantitative estimate of drug-likeness (QED) is 0.568. The second kappa shape index (κ2) is 4.36. The number of hydrogen-bond donors (Lipinski definition) is 1. The first kappa shape index (κ1) is 14.3. The second-order valence-electron chi connectivity index (χ2n) is 6.89. The smallest absolute Gasteiger partial charge is 0.146 e. The summed E-state index contributed by atoms with van der Waals surface area (Å²) in [4.78, 5) is 1.94. The fraction of sp³-hybridized carbons (Fsp3) is 0.222. The predicted octanol–water partition coefficient (Wildman–Crippen LogP) is 4.72. The van der Waals surface area contributed by atoms with Crippen LogP contribution in [0.3, 0.4) is 0 Å². The van der Waals surface area contributed by atoms with Gasteiger partial charge in [-0.3, -0.25) is 0 Å². The maximum absolute atomic E-state index is 10.8. The van der Waals surface area contributed by atoms with Gasteiger partial charge in [0.1, 0.15) is 22.5 Å². The maximum Gasteiger partial charge on any atom is 0.146 e. The first-order valence-electron chi connectivity index (χ1n) is 7.52. The normalized spacial score (nSPS) is 12.7. The fourth-order valence-electron chi connectivity index (χ4n) is 3.00. The highest BCUT2D eigenvalue weighted by Crippen LogP contribution is 2.39. The SMILES string of the molecule is C=Cc1cc(-n2n3c4ccc(Cl)cc4n23)c(O)c(C(C)(C)C)c1. The third-order valence-corrected chi connectivity index (χ3v) is 4.48. The van der Waals surface area contributed by atoms with Crippen LogP contribution in [0, 0.1) is 0 Å². The lowest BCUT2D eigenvalue weighted by Crippen LogP contribution is -2.12. The molecule has 0 radical (unpaired) electrons. The number of nitrogens with zero attached hydrogens (tertiary/aromatic N) is 3. The Labute approximate surface area is 139 Å². The molecule has 0 saturated carbocycles. The van der Waals surface area contributed by atoms with Gasteiger partial charge in [-0.25, -0.2) is 0 Å². The van der Waals surface area contributed by atoms with Crippen LogP contribution in [0.5, 0.6) is 5.75 Å². The van der Waals surface area contributed by atoms with Crippen LogP contribution in [-0.4, -0.2) is 19.2 Å². The summed E-state index contributed by atoms with van der Waals surface area (Å²) < 4.78 is 3.98. The monoisotopic (exact) mass is 327 g/mol. The number of rotatable bonds is 2. The van der Waals surface area contributed by atoms with Gasteiger partial charge in [-0.2, -0.15) is 0 Å². The molecule has 0 saturated heterocycles. The van der Waals surface area contributed by atoms with Crippen LogP contribution in [0.4, 0.5) is 0 Å². The third kappa shape index (κ3) is 1.91. The lowest BCUT2D eigenvalue weighted by Gasteiger charge is -2.22. The van der Waals surface area contributed by atoms with E-state index in [1.807, 2.05) is 44.4 Å². The van der Waals surface area contributed by atoms with Crippen molar-refractivity contribution in [3.05, 3.63) is 53.1 Å². The summed E-state index contributed by atoms with van der Waals surface area (Å²) in [5.74, 6) is 0.300. The minimum atomic E-state index is -0.159. The van der Waals surface area contributed by atoms with Gasteiger partial charge in [-0.1, -0.05) is 45.0 Å². The largest absolute Gasteiger partial charge is 0.505 e. The molecule has 0 bridgehead atoms. The summed E-state index contributed by atoms with van der Waals surface area (Å²) in [5.41, 5.74) is 4.60. The van der Waals surface area contributed by atoms with Crippen LogP contribution >= 0.6 is 11.6 Å². The number of hydrogen-bond acceptors (Lipinski definition) is 1. The van der Waals surface area contributed by atoms with E-state index in [9.17, 15) is 5.11 Å². The molecule has 1 N–H and O–H groups in total. The molecule has 0 atom stereocenters. The number of halogens is 1. The summed E-state index contributed by atoms with van der Waals surface area (Å²) >= 11 is 6.07. The topological polar surface area (TPSA) is 34.0 Å². The summed E-state index contributed by atoms with van der Waals surface area (Å²) in [7, 11) is 0. The molecular weight excluding hydrogens is 310 g/mol. The van der Waals surface area contributed by atoms with Crippen molar-refractivity contribution in [2.75, 3.05) is 0 Å². The Balaban J connectivity index is 1.97. The van der Waals surface area contributed by atoms with E-state index in [0.717, 1.165) is 27.8 Å². The number of phenolic OH excluding ortho intramolecular Hbond substituents is 1. The molecule has 23 heavy (non-hydrogen) atoms. The molecule has 0 spiro atoms. The van der Waals surface area contributed by atoms with Gasteiger partial charge in [0.25, 0.3) is 0 Å². The van der Waals surface area contributed by atoms with Crippen LogP contribution in [0.2, 0.25) is 5.02 Å². The van der Waals surface area contributed by atoms with Gasteiger partial charge in [0.05, 0.1) is 0 Å². The van der Waals surface area contributed by atoms with E-state index in [2.05, 4.69) is 27.4 Å².